The lowest BCUT2D eigenvalue weighted by atomic mass is 10.1. The highest BCUT2D eigenvalue weighted by atomic mass is 32.1. The molecule has 0 aliphatic carbocycles. The SMILES string of the molecule is CCCNC(C)Cc1csc(Nc2cccc([N+](=O)[O-])c2C)n1. The van der Waals surface area contributed by atoms with E-state index in [4.69, 9.17) is 0 Å². The van der Waals surface area contributed by atoms with Crippen LogP contribution in [0.3, 0.4) is 0 Å². The molecule has 2 rings (SSSR count). The maximum absolute atomic E-state index is 11.0. The van der Waals surface area contributed by atoms with Crippen LogP contribution in [-0.4, -0.2) is 22.5 Å². The number of nitro benzene ring substituents is 1. The standard InChI is InChI=1S/C16H22N4O2S/c1-4-8-17-11(2)9-13-10-23-16(18-13)19-14-6-5-7-15(12(14)3)20(21)22/h5-7,10-11,17H,4,8-9H2,1-3H3,(H,18,19). The number of nitrogens with zero attached hydrogens (tertiary/aromatic N) is 2. The van der Waals surface area contributed by atoms with Gasteiger partial charge in [0, 0.05) is 23.9 Å². The lowest BCUT2D eigenvalue weighted by Crippen LogP contribution is -2.28. The Morgan fingerprint density at radius 1 is 1.43 bits per heavy atom. The van der Waals surface area contributed by atoms with Crippen molar-refractivity contribution in [3.05, 3.63) is 45.0 Å². The Labute approximate surface area is 140 Å². The third-order valence-corrected chi connectivity index (χ3v) is 4.36. The van der Waals surface area contributed by atoms with Crippen LogP contribution < -0.4 is 10.6 Å². The summed E-state index contributed by atoms with van der Waals surface area (Å²) in [6.07, 6.45) is 1.98. The highest BCUT2D eigenvalue weighted by Crippen LogP contribution is 2.29. The number of aromatic nitrogens is 1. The smallest absolute Gasteiger partial charge is 0.274 e. The van der Waals surface area contributed by atoms with Gasteiger partial charge in [0.05, 0.1) is 21.9 Å². The number of anilines is 2. The average Bonchev–Trinajstić information content (AvgIpc) is 2.94. The zero-order chi connectivity index (χ0) is 16.8. The first kappa shape index (κ1) is 17.4. The number of hydrogen-bond acceptors (Lipinski definition) is 6. The van der Waals surface area contributed by atoms with Gasteiger partial charge in [-0.2, -0.15) is 0 Å². The Morgan fingerprint density at radius 2 is 2.22 bits per heavy atom. The fraction of sp³-hybridized carbons (Fsp3) is 0.438. The van der Waals surface area contributed by atoms with E-state index in [9.17, 15) is 10.1 Å². The summed E-state index contributed by atoms with van der Waals surface area (Å²) in [6, 6.07) is 5.40. The minimum atomic E-state index is -0.366. The van der Waals surface area contributed by atoms with Crippen molar-refractivity contribution >= 4 is 27.8 Å². The van der Waals surface area contributed by atoms with Crippen molar-refractivity contribution in [2.45, 2.75) is 39.7 Å². The van der Waals surface area contributed by atoms with E-state index in [1.807, 2.05) is 11.4 Å². The lowest BCUT2D eigenvalue weighted by Gasteiger charge is -2.11. The summed E-state index contributed by atoms with van der Waals surface area (Å²) in [4.78, 5) is 15.2. The summed E-state index contributed by atoms with van der Waals surface area (Å²) in [5.74, 6) is 0. The van der Waals surface area contributed by atoms with Crippen molar-refractivity contribution in [1.29, 1.82) is 0 Å². The topological polar surface area (TPSA) is 80.1 Å². The molecule has 0 bridgehead atoms. The normalized spacial score (nSPS) is 12.1. The van der Waals surface area contributed by atoms with E-state index in [1.165, 1.54) is 17.4 Å². The molecule has 2 N–H and O–H groups in total. The Bertz CT molecular complexity index is 672. The van der Waals surface area contributed by atoms with Gasteiger partial charge >= 0.3 is 0 Å². The van der Waals surface area contributed by atoms with Crippen LogP contribution in [0.15, 0.2) is 23.6 Å². The molecule has 0 radical (unpaired) electrons. The molecule has 0 fully saturated rings. The van der Waals surface area contributed by atoms with E-state index in [2.05, 4.69) is 29.5 Å². The third-order valence-electron chi connectivity index (χ3n) is 3.55. The monoisotopic (exact) mass is 334 g/mol. The van der Waals surface area contributed by atoms with Crippen LogP contribution in [0.2, 0.25) is 0 Å². The van der Waals surface area contributed by atoms with Crippen molar-refractivity contribution in [3.63, 3.8) is 0 Å². The van der Waals surface area contributed by atoms with Crippen LogP contribution in [0.25, 0.3) is 0 Å². The quantitative estimate of drug-likeness (QED) is 0.563. The molecule has 0 saturated heterocycles. The Balaban J connectivity index is 2.05. The molecule has 1 unspecified atom stereocenters. The van der Waals surface area contributed by atoms with Crippen LogP contribution in [0.5, 0.6) is 0 Å². The molecule has 1 aromatic carbocycles. The molecule has 124 valence electrons. The van der Waals surface area contributed by atoms with Gasteiger partial charge in [0.15, 0.2) is 5.13 Å². The zero-order valence-electron chi connectivity index (χ0n) is 13.6. The minimum absolute atomic E-state index is 0.115. The van der Waals surface area contributed by atoms with E-state index < -0.39 is 0 Å². The summed E-state index contributed by atoms with van der Waals surface area (Å²) in [5.41, 5.74) is 2.48. The second kappa shape index (κ2) is 8.03. The van der Waals surface area contributed by atoms with Crippen LogP contribution >= 0.6 is 11.3 Å². The van der Waals surface area contributed by atoms with Crippen molar-refractivity contribution in [1.82, 2.24) is 10.3 Å². The van der Waals surface area contributed by atoms with Crippen LogP contribution in [0.1, 0.15) is 31.5 Å². The van der Waals surface area contributed by atoms with Gasteiger partial charge in [-0.25, -0.2) is 4.98 Å². The fourth-order valence-electron chi connectivity index (χ4n) is 2.31. The largest absolute Gasteiger partial charge is 0.331 e. The van der Waals surface area contributed by atoms with Crippen molar-refractivity contribution in [2.75, 3.05) is 11.9 Å². The predicted molar refractivity (Wildman–Crippen MR) is 94.7 cm³/mol. The molecule has 0 saturated carbocycles. The van der Waals surface area contributed by atoms with Gasteiger partial charge in [0.1, 0.15) is 0 Å². The zero-order valence-corrected chi connectivity index (χ0v) is 14.4. The van der Waals surface area contributed by atoms with Gasteiger partial charge in [-0.1, -0.05) is 13.0 Å². The lowest BCUT2D eigenvalue weighted by molar-refractivity contribution is -0.385. The summed E-state index contributed by atoms with van der Waals surface area (Å²) >= 11 is 1.51. The number of nitrogens with one attached hydrogen (secondary N) is 2. The molecule has 6 nitrogen and oxygen atoms in total. The van der Waals surface area contributed by atoms with E-state index in [-0.39, 0.29) is 10.6 Å². The first-order valence-electron chi connectivity index (χ1n) is 7.70. The summed E-state index contributed by atoms with van der Waals surface area (Å²) in [7, 11) is 0. The fourth-order valence-corrected chi connectivity index (χ4v) is 3.04. The number of rotatable bonds is 8. The Kier molecular flexibility index (Phi) is 6.06. The minimum Gasteiger partial charge on any atom is -0.331 e. The number of hydrogen-bond donors (Lipinski definition) is 2. The Hall–Kier alpha value is -1.99. The van der Waals surface area contributed by atoms with E-state index in [0.717, 1.165) is 35.9 Å². The van der Waals surface area contributed by atoms with Crippen LogP contribution in [0.4, 0.5) is 16.5 Å². The van der Waals surface area contributed by atoms with Gasteiger partial charge in [-0.15, -0.1) is 11.3 Å². The highest BCUT2D eigenvalue weighted by Gasteiger charge is 2.14. The van der Waals surface area contributed by atoms with Crippen molar-refractivity contribution < 1.29 is 4.92 Å². The molecule has 0 aliphatic heterocycles. The second-order valence-electron chi connectivity index (χ2n) is 5.54. The first-order valence-corrected chi connectivity index (χ1v) is 8.58. The van der Waals surface area contributed by atoms with Crippen molar-refractivity contribution in [3.8, 4) is 0 Å². The van der Waals surface area contributed by atoms with E-state index in [0.29, 0.717) is 11.6 Å². The summed E-state index contributed by atoms with van der Waals surface area (Å²) < 4.78 is 0. The van der Waals surface area contributed by atoms with Gasteiger partial charge in [0.2, 0.25) is 0 Å². The van der Waals surface area contributed by atoms with Crippen LogP contribution in [-0.2, 0) is 6.42 Å². The third kappa shape index (κ3) is 4.74. The molecule has 23 heavy (non-hydrogen) atoms. The molecule has 0 aliphatic rings. The molecular formula is C16H22N4O2S. The van der Waals surface area contributed by atoms with Gasteiger partial charge in [-0.05, 0) is 32.9 Å². The maximum Gasteiger partial charge on any atom is 0.274 e. The average molecular weight is 334 g/mol. The molecular weight excluding hydrogens is 312 g/mol. The number of nitro groups is 1. The van der Waals surface area contributed by atoms with E-state index in [1.54, 1.807) is 13.0 Å². The molecule has 1 aromatic heterocycles. The van der Waals surface area contributed by atoms with Crippen LogP contribution in [0, 0.1) is 17.0 Å². The molecule has 1 atom stereocenters. The highest BCUT2D eigenvalue weighted by molar-refractivity contribution is 7.13. The number of thiazole rings is 1. The summed E-state index contributed by atoms with van der Waals surface area (Å²) in [5, 5.41) is 20.4. The van der Waals surface area contributed by atoms with Gasteiger partial charge in [0.25, 0.3) is 5.69 Å². The maximum atomic E-state index is 11.0. The van der Waals surface area contributed by atoms with E-state index >= 15 is 0 Å². The number of benzene rings is 1. The summed E-state index contributed by atoms with van der Waals surface area (Å²) in [6.45, 7) is 7.04. The molecule has 0 spiro atoms. The molecule has 0 amide bonds. The first-order chi connectivity index (χ1) is 11.0. The molecule has 7 heteroatoms. The van der Waals surface area contributed by atoms with Crippen molar-refractivity contribution in [2.24, 2.45) is 0 Å². The molecule has 1 heterocycles. The van der Waals surface area contributed by atoms with Gasteiger partial charge < -0.3 is 10.6 Å². The van der Waals surface area contributed by atoms with Gasteiger partial charge in [-0.3, -0.25) is 10.1 Å². The molecule has 2 aromatic rings. The predicted octanol–water partition coefficient (Wildman–Crippen LogP) is 4.03. The Morgan fingerprint density at radius 3 is 2.91 bits per heavy atom. The second-order valence-corrected chi connectivity index (χ2v) is 6.39.